The summed E-state index contributed by atoms with van der Waals surface area (Å²) in [5.74, 6) is 2.40. The van der Waals surface area contributed by atoms with Gasteiger partial charge in [-0.25, -0.2) is 4.99 Å². The summed E-state index contributed by atoms with van der Waals surface area (Å²) in [5, 5.41) is 6.66. The normalized spacial score (nSPS) is 16.8. The number of benzene rings is 1. The van der Waals surface area contributed by atoms with Crippen LogP contribution >= 0.6 is 0 Å². The Kier molecular flexibility index (Phi) is 9.06. The van der Waals surface area contributed by atoms with Crippen LogP contribution in [0.4, 0.5) is 0 Å². The van der Waals surface area contributed by atoms with Gasteiger partial charge in [0, 0.05) is 38.8 Å². The van der Waals surface area contributed by atoms with Crippen LogP contribution < -0.4 is 20.1 Å². The minimum atomic E-state index is -0.0307. The number of ether oxygens (including phenoxy) is 3. The summed E-state index contributed by atoms with van der Waals surface area (Å²) in [6.07, 6.45) is -0.0307. The van der Waals surface area contributed by atoms with Crippen molar-refractivity contribution in [3.05, 3.63) is 24.3 Å². The van der Waals surface area contributed by atoms with E-state index in [1.54, 1.807) is 7.11 Å². The second kappa shape index (κ2) is 11.6. The van der Waals surface area contributed by atoms with Crippen LogP contribution in [0.3, 0.4) is 0 Å². The minimum Gasteiger partial charge on any atom is -0.497 e. The molecular formula is C19H32N4O3. The van der Waals surface area contributed by atoms with Crippen molar-refractivity contribution >= 4 is 5.96 Å². The number of nitrogens with zero attached hydrogens (tertiary/aromatic N) is 2. The zero-order valence-corrected chi connectivity index (χ0v) is 16.2. The molecule has 1 aromatic rings. The first-order valence-electron chi connectivity index (χ1n) is 9.34. The molecular weight excluding hydrogens is 332 g/mol. The second-order valence-electron chi connectivity index (χ2n) is 6.21. The molecule has 146 valence electrons. The molecule has 2 N–H and O–H groups in total. The van der Waals surface area contributed by atoms with E-state index in [0.29, 0.717) is 6.54 Å². The first-order valence-corrected chi connectivity index (χ1v) is 9.34. The first kappa shape index (κ1) is 20.3. The molecule has 0 spiro atoms. The largest absolute Gasteiger partial charge is 0.497 e. The summed E-state index contributed by atoms with van der Waals surface area (Å²) < 4.78 is 16.5. The van der Waals surface area contributed by atoms with Crippen molar-refractivity contribution < 1.29 is 14.2 Å². The molecule has 0 aromatic heterocycles. The van der Waals surface area contributed by atoms with Gasteiger partial charge in [-0.05, 0) is 26.0 Å². The van der Waals surface area contributed by atoms with E-state index in [1.165, 1.54) is 0 Å². The molecule has 1 aromatic carbocycles. The number of morpholine rings is 1. The maximum Gasteiger partial charge on any atom is 0.191 e. The van der Waals surface area contributed by atoms with Crippen LogP contribution in [0.2, 0.25) is 0 Å². The number of methoxy groups -OCH3 is 1. The summed E-state index contributed by atoms with van der Waals surface area (Å²) in [6, 6.07) is 7.62. The molecule has 1 heterocycles. The van der Waals surface area contributed by atoms with E-state index in [-0.39, 0.29) is 6.10 Å². The molecule has 0 radical (unpaired) electrons. The number of rotatable bonds is 9. The number of aliphatic imine (C=N–C) groups is 1. The van der Waals surface area contributed by atoms with Gasteiger partial charge in [-0.15, -0.1) is 0 Å². The van der Waals surface area contributed by atoms with E-state index in [1.807, 2.05) is 31.2 Å². The Labute approximate surface area is 156 Å². The van der Waals surface area contributed by atoms with Gasteiger partial charge in [0.2, 0.25) is 0 Å². The third-order valence-electron chi connectivity index (χ3n) is 4.05. The lowest BCUT2D eigenvalue weighted by Gasteiger charge is -2.26. The highest BCUT2D eigenvalue weighted by molar-refractivity contribution is 5.79. The highest BCUT2D eigenvalue weighted by Gasteiger charge is 2.10. The molecule has 0 saturated carbocycles. The van der Waals surface area contributed by atoms with E-state index in [4.69, 9.17) is 14.2 Å². The monoisotopic (exact) mass is 364 g/mol. The fraction of sp³-hybridized carbons (Fsp3) is 0.632. The number of nitrogens with one attached hydrogen (secondary N) is 2. The number of guanidine groups is 1. The molecule has 0 amide bonds. The molecule has 26 heavy (non-hydrogen) atoms. The van der Waals surface area contributed by atoms with Crippen LogP contribution in [0.1, 0.15) is 13.8 Å². The molecule has 1 atom stereocenters. The standard InChI is InChI=1S/C19H32N4O3/c1-4-20-19(21-8-9-23-10-12-25-13-11-23)22-15-16(2)26-18-7-5-6-17(14-18)24-3/h5-7,14,16H,4,8-13,15H2,1-3H3,(H2,20,21,22). The predicted octanol–water partition coefficient (Wildman–Crippen LogP) is 1.35. The molecule has 1 aliphatic heterocycles. The average molecular weight is 364 g/mol. The molecule has 2 rings (SSSR count). The molecule has 1 aliphatic rings. The highest BCUT2D eigenvalue weighted by Crippen LogP contribution is 2.19. The van der Waals surface area contributed by atoms with Crippen molar-refractivity contribution in [1.82, 2.24) is 15.5 Å². The minimum absolute atomic E-state index is 0.0307. The van der Waals surface area contributed by atoms with Crippen LogP contribution in [0.15, 0.2) is 29.3 Å². The maximum atomic E-state index is 5.92. The van der Waals surface area contributed by atoms with Crippen molar-refractivity contribution in [2.45, 2.75) is 20.0 Å². The Hall–Kier alpha value is -1.99. The molecule has 1 saturated heterocycles. The van der Waals surface area contributed by atoms with Gasteiger partial charge in [0.05, 0.1) is 26.9 Å². The smallest absolute Gasteiger partial charge is 0.191 e. The third-order valence-corrected chi connectivity index (χ3v) is 4.05. The fourth-order valence-electron chi connectivity index (χ4n) is 2.66. The molecule has 0 aliphatic carbocycles. The Morgan fingerprint density at radius 1 is 1.27 bits per heavy atom. The van der Waals surface area contributed by atoms with Crippen molar-refractivity contribution in [2.24, 2.45) is 4.99 Å². The van der Waals surface area contributed by atoms with E-state index in [9.17, 15) is 0 Å². The Bertz CT molecular complexity index is 547. The van der Waals surface area contributed by atoms with Crippen LogP contribution in [0.5, 0.6) is 11.5 Å². The predicted molar refractivity (Wildman–Crippen MR) is 104 cm³/mol. The van der Waals surface area contributed by atoms with Crippen LogP contribution in [0.25, 0.3) is 0 Å². The highest BCUT2D eigenvalue weighted by atomic mass is 16.5. The first-order chi connectivity index (χ1) is 12.7. The van der Waals surface area contributed by atoms with Gasteiger partial charge < -0.3 is 24.8 Å². The Morgan fingerprint density at radius 3 is 2.77 bits per heavy atom. The van der Waals surface area contributed by atoms with E-state index < -0.39 is 0 Å². The zero-order valence-electron chi connectivity index (χ0n) is 16.2. The van der Waals surface area contributed by atoms with Crippen molar-refractivity contribution in [2.75, 3.05) is 59.6 Å². The van der Waals surface area contributed by atoms with E-state index in [2.05, 4.69) is 27.4 Å². The van der Waals surface area contributed by atoms with Crippen molar-refractivity contribution in [3.63, 3.8) is 0 Å². The van der Waals surface area contributed by atoms with Crippen molar-refractivity contribution in [3.8, 4) is 11.5 Å². The van der Waals surface area contributed by atoms with Crippen LogP contribution in [0, 0.1) is 0 Å². The Morgan fingerprint density at radius 2 is 2.04 bits per heavy atom. The molecule has 0 bridgehead atoms. The lowest BCUT2D eigenvalue weighted by atomic mass is 10.3. The average Bonchev–Trinajstić information content (AvgIpc) is 2.67. The molecule has 7 nitrogen and oxygen atoms in total. The third kappa shape index (κ3) is 7.49. The second-order valence-corrected chi connectivity index (χ2v) is 6.21. The SMILES string of the molecule is CCNC(=NCC(C)Oc1cccc(OC)c1)NCCN1CCOCC1. The topological polar surface area (TPSA) is 67.4 Å². The summed E-state index contributed by atoms with van der Waals surface area (Å²) in [4.78, 5) is 7.03. The molecule has 7 heteroatoms. The van der Waals surface area contributed by atoms with Gasteiger partial charge in [0.15, 0.2) is 5.96 Å². The molecule has 1 unspecified atom stereocenters. The number of hydrogen-bond donors (Lipinski definition) is 2. The summed E-state index contributed by atoms with van der Waals surface area (Å²) >= 11 is 0. The van der Waals surface area contributed by atoms with Gasteiger partial charge in [0.25, 0.3) is 0 Å². The zero-order chi connectivity index (χ0) is 18.6. The quantitative estimate of drug-likeness (QED) is 0.509. The van der Waals surface area contributed by atoms with Gasteiger partial charge in [-0.1, -0.05) is 6.07 Å². The lowest BCUT2D eigenvalue weighted by molar-refractivity contribution is 0.0389. The van der Waals surface area contributed by atoms with Gasteiger partial charge >= 0.3 is 0 Å². The van der Waals surface area contributed by atoms with Crippen LogP contribution in [-0.4, -0.2) is 76.6 Å². The number of hydrogen-bond acceptors (Lipinski definition) is 5. The summed E-state index contributed by atoms with van der Waals surface area (Å²) in [5.41, 5.74) is 0. The van der Waals surface area contributed by atoms with Gasteiger partial charge in [-0.3, -0.25) is 4.90 Å². The summed E-state index contributed by atoms with van der Waals surface area (Å²) in [7, 11) is 1.65. The maximum absolute atomic E-state index is 5.92. The van der Waals surface area contributed by atoms with E-state index in [0.717, 1.165) is 63.4 Å². The van der Waals surface area contributed by atoms with Crippen molar-refractivity contribution in [1.29, 1.82) is 0 Å². The lowest BCUT2D eigenvalue weighted by Crippen LogP contribution is -2.44. The van der Waals surface area contributed by atoms with Crippen LogP contribution in [-0.2, 0) is 4.74 Å². The Balaban J connectivity index is 1.76. The fourth-order valence-corrected chi connectivity index (χ4v) is 2.66. The molecule has 1 fully saturated rings. The summed E-state index contributed by atoms with van der Waals surface area (Å²) in [6.45, 7) is 11.0. The van der Waals surface area contributed by atoms with E-state index >= 15 is 0 Å². The van der Waals surface area contributed by atoms with Gasteiger partial charge in [-0.2, -0.15) is 0 Å². The van der Waals surface area contributed by atoms with Gasteiger partial charge in [0.1, 0.15) is 17.6 Å².